The summed E-state index contributed by atoms with van der Waals surface area (Å²) in [5.74, 6) is 0. The van der Waals surface area contributed by atoms with Crippen molar-refractivity contribution in [3.63, 3.8) is 0 Å². The molecule has 0 fully saturated rings. The van der Waals surface area contributed by atoms with Crippen LogP contribution < -0.4 is 11.1 Å². The van der Waals surface area contributed by atoms with E-state index >= 15 is 0 Å². The molecule has 2 aromatic rings. The number of rotatable bonds is 4. The van der Waals surface area contributed by atoms with Crippen LogP contribution in [0.4, 0.5) is 11.4 Å². The summed E-state index contributed by atoms with van der Waals surface area (Å²) in [6.45, 7) is 1.97. The maximum absolute atomic E-state index is 11.7. The Labute approximate surface area is 129 Å². The van der Waals surface area contributed by atoms with Crippen molar-refractivity contribution in [2.45, 2.75) is 17.9 Å². The fourth-order valence-electron chi connectivity index (χ4n) is 2.06. The van der Waals surface area contributed by atoms with Crippen LogP contribution in [0.2, 0.25) is 5.02 Å². The van der Waals surface area contributed by atoms with Gasteiger partial charge in [-0.2, -0.15) is 0 Å². The summed E-state index contributed by atoms with van der Waals surface area (Å²) in [7, 11) is -3.34. The molecule has 1 unspecified atom stereocenters. The smallest absolute Gasteiger partial charge is 0.177 e. The highest BCUT2D eigenvalue weighted by molar-refractivity contribution is 7.90. The summed E-state index contributed by atoms with van der Waals surface area (Å²) in [5, 5.41) is 3.90. The third-order valence-corrected chi connectivity index (χ3v) is 4.61. The van der Waals surface area contributed by atoms with Crippen molar-refractivity contribution >= 4 is 32.8 Å². The van der Waals surface area contributed by atoms with E-state index < -0.39 is 9.84 Å². The summed E-state index contributed by atoms with van der Waals surface area (Å²) in [6.07, 6.45) is 1.14. The van der Waals surface area contributed by atoms with E-state index in [4.69, 9.17) is 17.3 Å². The van der Waals surface area contributed by atoms with Crippen LogP contribution in [0.5, 0.6) is 0 Å². The number of sulfone groups is 1. The van der Waals surface area contributed by atoms with Crippen LogP contribution in [0.15, 0.2) is 47.4 Å². The number of hydrogen-bond donors (Lipinski definition) is 2. The lowest BCUT2D eigenvalue weighted by Crippen LogP contribution is -2.10. The van der Waals surface area contributed by atoms with Crippen LogP contribution in [-0.4, -0.2) is 14.7 Å². The Morgan fingerprint density at radius 3 is 2.33 bits per heavy atom. The molecule has 0 heterocycles. The van der Waals surface area contributed by atoms with E-state index in [1.165, 1.54) is 6.07 Å². The Morgan fingerprint density at radius 1 is 1.14 bits per heavy atom. The number of halogens is 1. The maximum atomic E-state index is 11.7. The predicted octanol–water partition coefficient (Wildman–Crippen LogP) is 3.50. The lowest BCUT2D eigenvalue weighted by Gasteiger charge is -2.18. The van der Waals surface area contributed by atoms with Crippen LogP contribution >= 0.6 is 11.6 Å². The SMILES string of the molecule is CC(Nc1cccc(S(C)(=O)=O)c1N)c1ccc(Cl)cc1. The molecule has 4 nitrogen and oxygen atoms in total. The van der Waals surface area contributed by atoms with Gasteiger partial charge in [0.15, 0.2) is 9.84 Å². The summed E-state index contributed by atoms with van der Waals surface area (Å²) < 4.78 is 23.4. The van der Waals surface area contributed by atoms with Crippen molar-refractivity contribution in [3.05, 3.63) is 53.1 Å². The van der Waals surface area contributed by atoms with Crippen LogP contribution in [-0.2, 0) is 9.84 Å². The van der Waals surface area contributed by atoms with Gasteiger partial charge in [-0.15, -0.1) is 0 Å². The second-order valence-corrected chi connectivity index (χ2v) is 7.33. The minimum atomic E-state index is -3.34. The van der Waals surface area contributed by atoms with Crippen molar-refractivity contribution in [1.29, 1.82) is 0 Å². The first kappa shape index (κ1) is 15.7. The minimum absolute atomic E-state index is 0.0284. The monoisotopic (exact) mass is 324 g/mol. The van der Waals surface area contributed by atoms with Crippen molar-refractivity contribution in [2.24, 2.45) is 0 Å². The fraction of sp³-hybridized carbons (Fsp3) is 0.200. The number of benzene rings is 2. The molecule has 0 radical (unpaired) electrons. The number of nitrogens with two attached hydrogens (primary N) is 1. The van der Waals surface area contributed by atoms with Crippen LogP contribution in [0.3, 0.4) is 0 Å². The zero-order chi connectivity index (χ0) is 15.6. The highest BCUT2D eigenvalue weighted by atomic mass is 35.5. The maximum Gasteiger partial charge on any atom is 0.177 e. The normalized spacial score (nSPS) is 12.9. The summed E-state index contributed by atoms with van der Waals surface area (Å²) in [4.78, 5) is 0.135. The molecule has 6 heteroatoms. The zero-order valence-corrected chi connectivity index (χ0v) is 13.4. The van der Waals surface area contributed by atoms with Crippen molar-refractivity contribution in [1.82, 2.24) is 0 Å². The van der Waals surface area contributed by atoms with E-state index in [2.05, 4.69) is 5.32 Å². The topological polar surface area (TPSA) is 72.2 Å². The van der Waals surface area contributed by atoms with Gasteiger partial charge < -0.3 is 11.1 Å². The van der Waals surface area contributed by atoms with E-state index in [-0.39, 0.29) is 16.6 Å². The quantitative estimate of drug-likeness (QED) is 0.844. The van der Waals surface area contributed by atoms with Gasteiger partial charge in [-0.3, -0.25) is 0 Å². The first-order valence-corrected chi connectivity index (χ1v) is 8.66. The minimum Gasteiger partial charge on any atom is -0.396 e. The van der Waals surface area contributed by atoms with Gasteiger partial charge >= 0.3 is 0 Å². The number of hydrogen-bond acceptors (Lipinski definition) is 4. The molecule has 112 valence electrons. The van der Waals surface area contributed by atoms with Gasteiger partial charge in [0.2, 0.25) is 0 Å². The fourth-order valence-corrected chi connectivity index (χ4v) is 3.02. The third-order valence-electron chi connectivity index (χ3n) is 3.21. The van der Waals surface area contributed by atoms with Gasteiger partial charge in [-0.1, -0.05) is 29.8 Å². The Morgan fingerprint density at radius 2 is 1.76 bits per heavy atom. The zero-order valence-electron chi connectivity index (χ0n) is 11.8. The summed E-state index contributed by atoms with van der Waals surface area (Å²) in [5.41, 5.74) is 7.82. The molecule has 1 atom stereocenters. The second-order valence-electron chi connectivity index (χ2n) is 4.91. The van der Waals surface area contributed by atoms with Crippen LogP contribution in [0, 0.1) is 0 Å². The van der Waals surface area contributed by atoms with E-state index in [1.54, 1.807) is 12.1 Å². The highest BCUT2D eigenvalue weighted by Gasteiger charge is 2.15. The summed E-state index contributed by atoms with van der Waals surface area (Å²) >= 11 is 5.87. The predicted molar refractivity (Wildman–Crippen MR) is 87.5 cm³/mol. The van der Waals surface area contributed by atoms with Crippen molar-refractivity contribution < 1.29 is 8.42 Å². The number of nitrogen functional groups attached to an aromatic ring is 1. The molecule has 0 aliphatic rings. The molecule has 0 spiro atoms. The van der Waals surface area contributed by atoms with E-state index in [0.717, 1.165) is 11.8 Å². The number of nitrogens with one attached hydrogen (secondary N) is 1. The van der Waals surface area contributed by atoms with Gasteiger partial charge in [0.25, 0.3) is 0 Å². The van der Waals surface area contributed by atoms with Gasteiger partial charge in [0.05, 0.1) is 16.3 Å². The molecule has 2 rings (SSSR count). The Kier molecular flexibility index (Phi) is 4.44. The standard InChI is InChI=1S/C15H17ClN2O2S/c1-10(11-6-8-12(16)9-7-11)18-13-4-3-5-14(15(13)17)21(2,19)20/h3-10,18H,17H2,1-2H3. The van der Waals surface area contributed by atoms with Gasteiger partial charge in [0.1, 0.15) is 0 Å². The van der Waals surface area contributed by atoms with Gasteiger partial charge in [0, 0.05) is 17.3 Å². The molecular weight excluding hydrogens is 308 g/mol. The molecule has 3 N–H and O–H groups in total. The molecule has 0 aromatic heterocycles. The van der Waals surface area contributed by atoms with Gasteiger partial charge in [-0.05, 0) is 36.8 Å². The first-order chi connectivity index (χ1) is 9.79. The van der Waals surface area contributed by atoms with Crippen LogP contribution in [0.1, 0.15) is 18.5 Å². The highest BCUT2D eigenvalue weighted by Crippen LogP contribution is 2.29. The second kappa shape index (κ2) is 5.95. The Balaban J connectivity index is 2.30. The molecule has 21 heavy (non-hydrogen) atoms. The number of anilines is 2. The average Bonchev–Trinajstić information content (AvgIpc) is 2.40. The third kappa shape index (κ3) is 3.68. The van der Waals surface area contributed by atoms with Crippen molar-refractivity contribution in [3.8, 4) is 0 Å². The Hall–Kier alpha value is -1.72. The lowest BCUT2D eigenvalue weighted by atomic mass is 10.1. The molecule has 0 saturated carbocycles. The molecule has 0 saturated heterocycles. The van der Waals surface area contributed by atoms with E-state index in [1.807, 2.05) is 31.2 Å². The molecule has 2 aromatic carbocycles. The molecule has 0 aliphatic carbocycles. The van der Waals surface area contributed by atoms with E-state index in [9.17, 15) is 8.42 Å². The average molecular weight is 325 g/mol. The van der Waals surface area contributed by atoms with Gasteiger partial charge in [-0.25, -0.2) is 8.42 Å². The van der Waals surface area contributed by atoms with Crippen LogP contribution in [0.25, 0.3) is 0 Å². The molecule has 0 amide bonds. The lowest BCUT2D eigenvalue weighted by molar-refractivity contribution is 0.602. The number of para-hydroxylation sites is 1. The first-order valence-electron chi connectivity index (χ1n) is 6.39. The molecule has 0 aliphatic heterocycles. The summed E-state index contributed by atoms with van der Waals surface area (Å²) in [6, 6.07) is 12.4. The largest absolute Gasteiger partial charge is 0.396 e. The van der Waals surface area contributed by atoms with E-state index in [0.29, 0.717) is 10.7 Å². The van der Waals surface area contributed by atoms with Crippen molar-refractivity contribution in [2.75, 3.05) is 17.3 Å². The molecule has 0 bridgehead atoms. The Bertz CT molecular complexity index is 743. The molecular formula is C15H17ClN2O2S.